The average Bonchev–Trinajstić information content (AvgIpc) is 3.02. The third-order valence-electron chi connectivity index (χ3n) is 4.38. The summed E-state index contributed by atoms with van der Waals surface area (Å²) >= 11 is 0. The van der Waals surface area contributed by atoms with Gasteiger partial charge in [-0.25, -0.2) is 0 Å². The van der Waals surface area contributed by atoms with E-state index in [9.17, 15) is 4.79 Å². The monoisotopic (exact) mass is 314 g/mol. The van der Waals surface area contributed by atoms with Crippen molar-refractivity contribution in [3.05, 3.63) is 30.0 Å². The van der Waals surface area contributed by atoms with Gasteiger partial charge in [0.15, 0.2) is 17.3 Å². The molecule has 0 atom stereocenters. The Morgan fingerprint density at radius 2 is 2.09 bits per heavy atom. The minimum absolute atomic E-state index is 0.0462. The molecule has 0 radical (unpaired) electrons. The maximum atomic E-state index is 12.4. The molecule has 2 aromatic rings. The molecule has 1 N–H and O–H groups in total. The molecule has 2 aliphatic rings. The van der Waals surface area contributed by atoms with Gasteiger partial charge < -0.3 is 19.3 Å². The highest BCUT2D eigenvalue weighted by Crippen LogP contribution is 2.48. The quantitative estimate of drug-likeness (QED) is 0.918. The van der Waals surface area contributed by atoms with Crippen molar-refractivity contribution in [2.45, 2.75) is 31.6 Å². The second kappa shape index (κ2) is 5.30. The number of hydrogen-bond acceptors (Lipinski definition) is 5. The van der Waals surface area contributed by atoms with Crippen LogP contribution in [0.2, 0.25) is 0 Å². The SMILES string of the molecule is CCCNC(=O)C1(c2cc(-c3ccc4c(c3)OCO4)on2)CC1. The van der Waals surface area contributed by atoms with Gasteiger partial charge >= 0.3 is 0 Å². The molecular weight excluding hydrogens is 296 g/mol. The highest BCUT2D eigenvalue weighted by Gasteiger charge is 2.53. The normalized spacial score (nSPS) is 17.1. The summed E-state index contributed by atoms with van der Waals surface area (Å²) < 4.78 is 16.2. The fourth-order valence-electron chi connectivity index (χ4n) is 2.82. The van der Waals surface area contributed by atoms with Gasteiger partial charge in [-0.1, -0.05) is 12.1 Å². The lowest BCUT2D eigenvalue weighted by atomic mass is 10.00. The zero-order valence-corrected chi connectivity index (χ0v) is 12.9. The topological polar surface area (TPSA) is 73.6 Å². The molecule has 23 heavy (non-hydrogen) atoms. The van der Waals surface area contributed by atoms with Crippen LogP contribution in [-0.2, 0) is 10.2 Å². The second-order valence-corrected chi connectivity index (χ2v) is 5.98. The maximum absolute atomic E-state index is 12.4. The van der Waals surface area contributed by atoms with Crippen LogP contribution in [0, 0.1) is 0 Å². The average molecular weight is 314 g/mol. The first-order chi connectivity index (χ1) is 11.2. The van der Waals surface area contributed by atoms with Gasteiger partial charge in [0.05, 0.1) is 11.1 Å². The molecule has 120 valence electrons. The molecule has 4 rings (SSSR count). The predicted octanol–water partition coefficient (Wildman–Crippen LogP) is 2.63. The molecule has 2 heterocycles. The number of ether oxygens (including phenoxy) is 2. The van der Waals surface area contributed by atoms with E-state index in [4.69, 9.17) is 14.0 Å². The summed E-state index contributed by atoms with van der Waals surface area (Å²) in [6.07, 6.45) is 2.55. The Morgan fingerprint density at radius 1 is 1.26 bits per heavy atom. The van der Waals surface area contributed by atoms with Crippen LogP contribution >= 0.6 is 0 Å². The third kappa shape index (κ3) is 2.34. The molecule has 1 aliphatic carbocycles. The summed E-state index contributed by atoms with van der Waals surface area (Å²) in [5, 5.41) is 7.10. The number of nitrogens with zero attached hydrogens (tertiary/aromatic N) is 1. The number of benzene rings is 1. The Bertz CT molecular complexity index is 749. The summed E-state index contributed by atoms with van der Waals surface area (Å²) in [6.45, 7) is 2.96. The minimum Gasteiger partial charge on any atom is -0.454 e. The van der Waals surface area contributed by atoms with Crippen LogP contribution in [0.3, 0.4) is 0 Å². The zero-order valence-electron chi connectivity index (χ0n) is 12.9. The van der Waals surface area contributed by atoms with Crippen molar-refractivity contribution in [3.63, 3.8) is 0 Å². The first-order valence-corrected chi connectivity index (χ1v) is 7.88. The summed E-state index contributed by atoms with van der Waals surface area (Å²) in [5.41, 5.74) is 1.06. The van der Waals surface area contributed by atoms with E-state index in [-0.39, 0.29) is 12.7 Å². The van der Waals surface area contributed by atoms with Gasteiger partial charge in [-0.15, -0.1) is 0 Å². The lowest BCUT2D eigenvalue weighted by molar-refractivity contribution is -0.123. The maximum Gasteiger partial charge on any atom is 0.232 e. The number of rotatable bonds is 5. The molecule has 0 saturated heterocycles. The molecular formula is C17H18N2O4. The summed E-state index contributed by atoms with van der Waals surface area (Å²) in [4.78, 5) is 12.4. The Balaban J connectivity index is 1.59. The number of hydrogen-bond donors (Lipinski definition) is 1. The van der Waals surface area contributed by atoms with Gasteiger partial charge in [-0.05, 0) is 37.5 Å². The van der Waals surface area contributed by atoms with Gasteiger partial charge in [0.2, 0.25) is 12.7 Å². The fraction of sp³-hybridized carbons (Fsp3) is 0.412. The van der Waals surface area contributed by atoms with Gasteiger partial charge in [-0.3, -0.25) is 4.79 Å². The molecule has 0 bridgehead atoms. The third-order valence-corrected chi connectivity index (χ3v) is 4.38. The van der Waals surface area contributed by atoms with Crippen LogP contribution in [-0.4, -0.2) is 24.4 Å². The van der Waals surface area contributed by atoms with E-state index in [0.717, 1.165) is 30.6 Å². The Morgan fingerprint density at radius 3 is 2.87 bits per heavy atom. The van der Waals surface area contributed by atoms with Gasteiger partial charge in [-0.2, -0.15) is 0 Å². The predicted molar refractivity (Wildman–Crippen MR) is 82.3 cm³/mol. The Kier molecular flexibility index (Phi) is 3.25. The van der Waals surface area contributed by atoms with Crippen molar-refractivity contribution in [1.29, 1.82) is 0 Å². The molecule has 1 aromatic heterocycles. The Labute approximate surface area is 133 Å². The zero-order chi connectivity index (χ0) is 15.9. The van der Waals surface area contributed by atoms with Crippen molar-refractivity contribution in [2.24, 2.45) is 0 Å². The van der Waals surface area contributed by atoms with Crippen LogP contribution in [0.1, 0.15) is 31.9 Å². The van der Waals surface area contributed by atoms with Crippen LogP contribution in [0.5, 0.6) is 11.5 Å². The molecule has 0 unspecified atom stereocenters. The molecule has 6 heteroatoms. The Hall–Kier alpha value is -2.50. The summed E-state index contributed by atoms with van der Waals surface area (Å²) in [6, 6.07) is 7.47. The van der Waals surface area contributed by atoms with E-state index in [0.29, 0.717) is 23.7 Å². The van der Waals surface area contributed by atoms with Crippen molar-refractivity contribution in [1.82, 2.24) is 10.5 Å². The first-order valence-electron chi connectivity index (χ1n) is 7.88. The summed E-state index contributed by atoms with van der Waals surface area (Å²) in [7, 11) is 0. The highest BCUT2D eigenvalue weighted by molar-refractivity contribution is 5.91. The largest absolute Gasteiger partial charge is 0.454 e. The lowest BCUT2D eigenvalue weighted by Crippen LogP contribution is -2.35. The van der Waals surface area contributed by atoms with E-state index >= 15 is 0 Å². The van der Waals surface area contributed by atoms with Crippen LogP contribution in [0.25, 0.3) is 11.3 Å². The summed E-state index contributed by atoms with van der Waals surface area (Å²) in [5.74, 6) is 2.10. The molecule has 1 aromatic carbocycles. The number of carbonyl (C=O) groups excluding carboxylic acids is 1. The number of aromatic nitrogens is 1. The van der Waals surface area contributed by atoms with Crippen LogP contribution in [0.15, 0.2) is 28.8 Å². The van der Waals surface area contributed by atoms with Crippen LogP contribution in [0.4, 0.5) is 0 Å². The molecule has 1 amide bonds. The van der Waals surface area contributed by atoms with E-state index < -0.39 is 5.41 Å². The number of nitrogens with one attached hydrogen (secondary N) is 1. The fourth-order valence-corrected chi connectivity index (χ4v) is 2.82. The van der Waals surface area contributed by atoms with Crippen molar-refractivity contribution >= 4 is 5.91 Å². The van der Waals surface area contributed by atoms with E-state index in [1.807, 2.05) is 31.2 Å². The van der Waals surface area contributed by atoms with E-state index in [1.165, 1.54) is 0 Å². The number of carbonyl (C=O) groups is 1. The molecule has 6 nitrogen and oxygen atoms in total. The second-order valence-electron chi connectivity index (χ2n) is 5.98. The van der Waals surface area contributed by atoms with E-state index in [2.05, 4.69) is 10.5 Å². The van der Waals surface area contributed by atoms with Crippen molar-refractivity contribution < 1.29 is 18.8 Å². The highest BCUT2D eigenvalue weighted by atomic mass is 16.7. The van der Waals surface area contributed by atoms with Crippen LogP contribution < -0.4 is 14.8 Å². The number of amides is 1. The lowest BCUT2D eigenvalue weighted by Gasteiger charge is -2.11. The van der Waals surface area contributed by atoms with Crippen molar-refractivity contribution in [2.75, 3.05) is 13.3 Å². The first kappa shape index (κ1) is 14.1. The smallest absolute Gasteiger partial charge is 0.232 e. The van der Waals surface area contributed by atoms with Gasteiger partial charge in [0.1, 0.15) is 0 Å². The molecule has 1 fully saturated rings. The molecule has 1 aliphatic heterocycles. The minimum atomic E-state index is -0.507. The molecule has 1 saturated carbocycles. The molecule has 0 spiro atoms. The van der Waals surface area contributed by atoms with Gasteiger partial charge in [0.25, 0.3) is 0 Å². The van der Waals surface area contributed by atoms with Gasteiger partial charge in [0, 0.05) is 18.2 Å². The standard InChI is InChI=1S/C17H18N2O4/c1-2-7-18-16(20)17(5-6-17)15-9-13(23-19-15)11-3-4-12-14(8-11)22-10-21-12/h3-4,8-9H,2,5-7,10H2,1H3,(H,18,20). The van der Waals surface area contributed by atoms with Crippen molar-refractivity contribution in [3.8, 4) is 22.8 Å². The number of fused-ring (bicyclic) bond motifs is 1. The van der Waals surface area contributed by atoms with E-state index in [1.54, 1.807) is 0 Å².